The molecule has 8 heteroatoms. The van der Waals surface area contributed by atoms with E-state index in [9.17, 15) is 13.2 Å². The number of rotatable bonds is 10. The lowest BCUT2D eigenvalue weighted by Gasteiger charge is -2.32. The van der Waals surface area contributed by atoms with Crippen molar-refractivity contribution in [2.75, 3.05) is 39.3 Å². The first-order valence-electron chi connectivity index (χ1n) is 10.3. The van der Waals surface area contributed by atoms with Crippen LogP contribution in [0.3, 0.4) is 0 Å². The fourth-order valence-corrected chi connectivity index (χ4v) is 3.36. The van der Waals surface area contributed by atoms with Gasteiger partial charge in [0.05, 0.1) is 12.8 Å². The van der Waals surface area contributed by atoms with Crippen molar-refractivity contribution < 1.29 is 17.6 Å². The summed E-state index contributed by atoms with van der Waals surface area (Å²) >= 11 is 0. The number of unbranched alkanes of at least 4 members (excludes halogenated alkanes) is 1. The smallest absolute Gasteiger partial charge is 0.401 e. The predicted octanol–water partition coefficient (Wildman–Crippen LogP) is 3.82. The summed E-state index contributed by atoms with van der Waals surface area (Å²) in [6, 6.07) is 3.83. The number of alkyl halides is 3. The highest BCUT2D eigenvalue weighted by molar-refractivity contribution is 5.79. The Bertz CT molecular complexity index is 552. The number of hydrogen-bond donors (Lipinski definition) is 2. The van der Waals surface area contributed by atoms with Gasteiger partial charge in [-0.05, 0) is 56.8 Å². The lowest BCUT2D eigenvalue weighted by Crippen LogP contribution is -2.42. The minimum atomic E-state index is -4.10. The van der Waals surface area contributed by atoms with E-state index in [0.717, 1.165) is 69.9 Å². The number of halogens is 3. The molecule has 0 aromatic carbocycles. The van der Waals surface area contributed by atoms with Gasteiger partial charge < -0.3 is 15.1 Å². The largest absolute Gasteiger partial charge is 0.469 e. The number of piperidine rings is 1. The van der Waals surface area contributed by atoms with Gasteiger partial charge in [0, 0.05) is 26.1 Å². The fourth-order valence-electron chi connectivity index (χ4n) is 3.36. The SMILES string of the molecule is CCCCN=C(NCCc1ccco1)NCCC1CCN(CC(F)(F)F)CC1. The second-order valence-corrected chi connectivity index (χ2v) is 7.39. The van der Waals surface area contributed by atoms with Crippen LogP contribution in [0.4, 0.5) is 13.2 Å². The van der Waals surface area contributed by atoms with E-state index in [-0.39, 0.29) is 0 Å². The van der Waals surface area contributed by atoms with Crippen LogP contribution >= 0.6 is 0 Å². The monoisotopic (exact) mass is 402 g/mol. The molecule has 1 aromatic rings. The Morgan fingerprint density at radius 2 is 2.00 bits per heavy atom. The van der Waals surface area contributed by atoms with Gasteiger partial charge in [0.1, 0.15) is 5.76 Å². The van der Waals surface area contributed by atoms with Gasteiger partial charge >= 0.3 is 6.18 Å². The number of nitrogens with one attached hydrogen (secondary N) is 2. The Morgan fingerprint density at radius 1 is 1.25 bits per heavy atom. The molecule has 5 nitrogen and oxygen atoms in total. The Balaban J connectivity index is 1.66. The third kappa shape index (κ3) is 9.48. The van der Waals surface area contributed by atoms with Crippen LogP contribution in [-0.4, -0.2) is 56.3 Å². The minimum Gasteiger partial charge on any atom is -0.469 e. The Labute approximate surface area is 165 Å². The second-order valence-electron chi connectivity index (χ2n) is 7.39. The predicted molar refractivity (Wildman–Crippen MR) is 105 cm³/mol. The number of hydrogen-bond acceptors (Lipinski definition) is 3. The van der Waals surface area contributed by atoms with Crippen molar-refractivity contribution in [3.05, 3.63) is 24.2 Å². The van der Waals surface area contributed by atoms with Gasteiger partial charge in [-0.2, -0.15) is 13.2 Å². The maximum atomic E-state index is 12.5. The van der Waals surface area contributed by atoms with Crippen LogP contribution in [0.2, 0.25) is 0 Å². The number of furan rings is 1. The molecule has 2 heterocycles. The molecule has 0 unspecified atom stereocenters. The Kier molecular flexibility index (Phi) is 9.67. The summed E-state index contributed by atoms with van der Waals surface area (Å²) in [7, 11) is 0. The molecule has 28 heavy (non-hydrogen) atoms. The van der Waals surface area contributed by atoms with Gasteiger partial charge in [-0.1, -0.05) is 13.3 Å². The second kappa shape index (κ2) is 12.0. The first-order valence-corrected chi connectivity index (χ1v) is 10.3. The molecule has 1 fully saturated rings. The van der Waals surface area contributed by atoms with Crippen molar-refractivity contribution in [1.82, 2.24) is 15.5 Å². The van der Waals surface area contributed by atoms with Crippen molar-refractivity contribution >= 4 is 5.96 Å². The van der Waals surface area contributed by atoms with Crippen LogP contribution in [0.25, 0.3) is 0 Å². The van der Waals surface area contributed by atoms with Crippen LogP contribution < -0.4 is 10.6 Å². The maximum absolute atomic E-state index is 12.5. The summed E-state index contributed by atoms with van der Waals surface area (Å²) in [4.78, 5) is 6.11. The molecule has 160 valence electrons. The number of guanidine groups is 1. The van der Waals surface area contributed by atoms with Crippen molar-refractivity contribution in [2.45, 2.75) is 51.6 Å². The van der Waals surface area contributed by atoms with E-state index in [1.807, 2.05) is 12.1 Å². The lowest BCUT2D eigenvalue weighted by atomic mass is 9.93. The van der Waals surface area contributed by atoms with Crippen molar-refractivity contribution in [3.8, 4) is 0 Å². The molecule has 0 aliphatic carbocycles. The average Bonchev–Trinajstić information content (AvgIpc) is 3.15. The number of nitrogens with zero attached hydrogens (tertiary/aromatic N) is 2. The average molecular weight is 403 g/mol. The fraction of sp³-hybridized carbons (Fsp3) is 0.750. The quantitative estimate of drug-likeness (QED) is 0.355. The Hall–Kier alpha value is -1.70. The lowest BCUT2D eigenvalue weighted by molar-refractivity contribution is -0.148. The van der Waals surface area contributed by atoms with E-state index in [1.54, 1.807) is 6.26 Å². The highest BCUT2D eigenvalue weighted by atomic mass is 19.4. The molecule has 0 atom stereocenters. The molecule has 2 N–H and O–H groups in total. The van der Waals surface area contributed by atoms with Gasteiger partial charge in [-0.15, -0.1) is 0 Å². The summed E-state index contributed by atoms with van der Waals surface area (Å²) < 4.78 is 42.7. The molecule has 0 radical (unpaired) electrons. The maximum Gasteiger partial charge on any atom is 0.401 e. The summed E-state index contributed by atoms with van der Waals surface area (Å²) in [6.45, 7) is 4.71. The van der Waals surface area contributed by atoms with E-state index in [1.165, 1.54) is 4.90 Å². The van der Waals surface area contributed by atoms with Crippen LogP contribution in [0, 0.1) is 5.92 Å². The number of likely N-dealkylation sites (tertiary alicyclic amines) is 1. The van der Waals surface area contributed by atoms with Gasteiger partial charge in [-0.25, -0.2) is 0 Å². The number of aliphatic imine (C=N–C) groups is 1. The summed E-state index contributed by atoms with van der Waals surface area (Å²) in [5.74, 6) is 2.21. The molecule has 0 spiro atoms. The molecular formula is C20H33F3N4O. The van der Waals surface area contributed by atoms with Crippen molar-refractivity contribution in [2.24, 2.45) is 10.9 Å². The highest BCUT2D eigenvalue weighted by Gasteiger charge is 2.32. The van der Waals surface area contributed by atoms with Gasteiger partial charge in [0.15, 0.2) is 5.96 Å². The third-order valence-corrected chi connectivity index (χ3v) is 4.98. The molecular weight excluding hydrogens is 369 g/mol. The molecule has 0 amide bonds. The molecule has 2 rings (SSSR count). The van der Waals surface area contributed by atoms with E-state index >= 15 is 0 Å². The zero-order valence-electron chi connectivity index (χ0n) is 16.7. The Morgan fingerprint density at radius 3 is 2.64 bits per heavy atom. The zero-order valence-corrected chi connectivity index (χ0v) is 16.7. The molecule has 1 aliphatic rings. The highest BCUT2D eigenvalue weighted by Crippen LogP contribution is 2.23. The van der Waals surface area contributed by atoms with Crippen LogP contribution in [0.15, 0.2) is 27.8 Å². The van der Waals surface area contributed by atoms with Crippen LogP contribution in [0.5, 0.6) is 0 Å². The van der Waals surface area contributed by atoms with Crippen LogP contribution in [0.1, 0.15) is 44.8 Å². The van der Waals surface area contributed by atoms with E-state index in [2.05, 4.69) is 22.5 Å². The van der Waals surface area contributed by atoms with Crippen molar-refractivity contribution in [1.29, 1.82) is 0 Å². The van der Waals surface area contributed by atoms with E-state index in [0.29, 0.717) is 19.0 Å². The summed E-state index contributed by atoms with van der Waals surface area (Å²) in [6.07, 6.45) is 3.11. The van der Waals surface area contributed by atoms with E-state index in [4.69, 9.17) is 4.42 Å². The minimum absolute atomic E-state index is 0.469. The molecule has 1 aromatic heterocycles. The molecule has 1 saturated heterocycles. The molecule has 0 saturated carbocycles. The topological polar surface area (TPSA) is 52.8 Å². The van der Waals surface area contributed by atoms with E-state index < -0.39 is 12.7 Å². The van der Waals surface area contributed by atoms with Gasteiger partial charge in [0.25, 0.3) is 0 Å². The van der Waals surface area contributed by atoms with Crippen molar-refractivity contribution in [3.63, 3.8) is 0 Å². The zero-order chi connectivity index (χ0) is 20.2. The molecule has 1 aliphatic heterocycles. The summed E-state index contributed by atoms with van der Waals surface area (Å²) in [5.41, 5.74) is 0. The van der Waals surface area contributed by atoms with Crippen LogP contribution in [-0.2, 0) is 6.42 Å². The van der Waals surface area contributed by atoms with Gasteiger partial charge in [0.2, 0.25) is 0 Å². The standard InChI is InChI=1S/C20H33F3N4O/c1-2-3-10-24-19(26-12-7-18-5-4-15-28-18)25-11-6-17-8-13-27(14-9-17)16-20(21,22)23/h4-5,15,17H,2-3,6-14,16H2,1H3,(H2,24,25,26). The summed E-state index contributed by atoms with van der Waals surface area (Å²) in [5, 5.41) is 6.70. The third-order valence-electron chi connectivity index (χ3n) is 4.98. The molecule has 0 bridgehead atoms. The van der Waals surface area contributed by atoms with Gasteiger partial charge in [-0.3, -0.25) is 9.89 Å². The normalized spacial score (nSPS) is 17.1. The first kappa shape index (κ1) is 22.6. The first-order chi connectivity index (χ1) is 13.5.